The summed E-state index contributed by atoms with van der Waals surface area (Å²) in [5.41, 5.74) is 6.07. The van der Waals surface area contributed by atoms with E-state index < -0.39 is 14.6 Å². The van der Waals surface area contributed by atoms with Crippen LogP contribution in [0.3, 0.4) is 0 Å². The highest BCUT2D eigenvalue weighted by molar-refractivity contribution is 9.10. The second-order valence-corrected chi connectivity index (χ2v) is 13.9. The number of rotatable bonds is 7. The number of nitrogens with one attached hydrogen (secondary N) is 1. The lowest BCUT2D eigenvalue weighted by atomic mass is 9.93. The molecule has 5 aromatic rings. The van der Waals surface area contributed by atoms with Gasteiger partial charge in [-0.05, 0) is 101 Å². The van der Waals surface area contributed by atoms with Gasteiger partial charge in [-0.25, -0.2) is 8.42 Å². The molecule has 1 amide bonds. The number of amides is 1. The average molecular weight is 632 g/mol. The number of fused-ring (bicyclic) bond motifs is 1. The highest BCUT2D eigenvalue weighted by Gasteiger charge is 2.33. The third-order valence-corrected chi connectivity index (χ3v) is 10.1. The van der Waals surface area contributed by atoms with E-state index in [9.17, 15) is 18.4 Å². The number of carbonyl (C=O) groups is 1. The maximum absolute atomic E-state index is 13.3. The second kappa shape index (κ2) is 11.1. The van der Waals surface area contributed by atoms with Gasteiger partial charge in [-0.1, -0.05) is 24.3 Å². The molecular weight excluding hydrogens is 602 g/mol. The van der Waals surface area contributed by atoms with Crippen molar-refractivity contribution in [1.29, 1.82) is 0 Å². The minimum absolute atomic E-state index is 0.277. The lowest BCUT2D eigenvalue weighted by molar-refractivity contribution is -0.904. The van der Waals surface area contributed by atoms with E-state index in [2.05, 4.69) is 26.2 Å². The molecule has 7 nitrogen and oxygen atoms in total. The van der Waals surface area contributed by atoms with E-state index in [1.165, 1.54) is 6.26 Å². The summed E-state index contributed by atoms with van der Waals surface area (Å²) in [6, 6.07) is 24.1. The fourth-order valence-corrected chi connectivity index (χ4v) is 5.64. The molecule has 3 aromatic carbocycles. The Hall–Kier alpha value is -4.08. The molecule has 0 bridgehead atoms. The molecule has 0 aliphatic rings. The average Bonchev–Trinajstić information content (AvgIpc) is 2.94. The molecule has 9 heteroatoms. The Morgan fingerprint density at radius 2 is 1.73 bits per heavy atom. The summed E-state index contributed by atoms with van der Waals surface area (Å²) in [5, 5.41) is 13.2. The SMILES string of the molecule is CC(C)(c1cc(-c2cccc(C(=O)Nc3ccc(Cc4cc[n+](O)cc4)cc3Br)c2)c2ncccc2c1)S(C)(=O)=O. The third-order valence-electron chi connectivity index (χ3n) is 7.34. The Kier molecular flexibility index (Phi) is 7.68. The Labute approximate surface area is 247 Å². The van der Waals surface area contributed by atoms with Gasteiger partial charge >= 0.3 is 0 Å². The van der Waals surface area contributed by atoms with Crippen LogP contribution in [-0.2, 0) is 21.0 Å². The van der Waals surface area contributed by atoms with Crippen molar-refractivity contribution < 1.29 is 23.1 Å². The monoisotopic (exact) mass is 630 g/mol. The van der Waals surface area contributed by atoms with E-state index in [1.807, 2.05) is 66.7 Å². The number of aromatic nitrogens is 2. The standard InChI is InChI=1S/C32H28BrN3O4S/c1-32(2,41(3,39)40)26-19-24-8-5-13-34-30(24)27(20-26)23-6-4-7-25(18-23)31(37)35-29-10-9-22(17-28(29)33)16-21-11-14-36(38)15-12-21/h4-15,17-20H,16H2,1-3H3,(H-,35,37,38)/p+1. The van der Waals surface area contributed by atoms with Crippen molar-refractivity contribution in [2.75, 3.05) is 11.6 Å². The Bertz CT molecular complexity index is 1890. The quantitative estimate of drug-likeness (QED) is 0.162. The van der Waals surface area contributed by atoms with Crippen LogP contribution in [-0.4, -0.2) is 30.8 Å². The third kappa shape index (κ3) is 6.01. The molecule has 0 aliphatic heterocycles. The molecule has 5 rings (SSSR count). The molecule has 0 atom stereocenters. The molecular formula is C32H29BrN3O4S+. The van der Waals surface area contributed by atoms with Crippen molar-refractivity contribution in [3.05, 3.63) is 124 Å². The van der Waals surface area contributed by atoms with Crippen molar-refractivity contribution in [2.24, 2.45) is 0 Å². The Morgan fingerprint density at radius 3 is 2.44 bits per heavy atom. The zero-order valence-electron chi connectivity index (χ0n) is 22.8. The first kappa shape index (κ1) is 28.4. The number of sulfone groups is 1. The van der Waals surface area contributed by atoms with Gasteiger partial charge in [0.2, 0.25) is 12.4 Å². The number of anilines is 1. The maximum Gasteiger partial charge on any atom is 0.255 e. The molecule has 0 radical (unpaired) electrons. The molecule has 0 fully saturated rings. The molecule has 0 saturated carbocycles. The van der Waals surface area contributed by atoms with E-state index >= 15 is 0 Å². The summed E-state index contributed by atoms with van der Waals surface area (Å²) in [4.78, 5) is 17.9. The van der Waals surface area contributed by atoms with Crippen LogP contribution in [0.2, 0.25) is 0 Å². The number of hydrogen-bond donors (Lipinski definition) is 2. The fraction of sp³-hybridized carbons (Fsp3) is 0.156. The first-order valence-corrected chi connectivity index (χ1v) is 15.6. The lowest BCUT2D eigenvalue weighted by Gasteiger charge is -2.24. The number of halogens is 1. The van der Waals surface area contributed by atoms with Gasteiger partial charge in [0, 0.05) is 50.3 Å². The van der Waals surface area contributed by atoms with Crippen LogP contribution >= 0.6 is 15.9 Å². The van der Waals surface area contributed by atoms with E-state index in [0.717, 1.165) is 42.4 Å². The van der Waals surface area contributed by atoms with Crippen LogP contribution in [0, 0.1) is 0 Å². The van der Waals surface area contributed by atoms with Crippen molar-refractivity contribution >= 4 is 48.3 Å². The van der Waals surface area contributed by atoms with Gasteiger partial charge in [-0.15, -0.1) is 0 Å². The Morgan fingerprint density at radius 1 is 0.976 bits per heavy atom. The minimum Gasteiger partial charge on any atom is -0.321 e. The zero-order valence-corrected chi connectivity index (χ0v) is 25.2. The summed E-state index contributed by atoms with van der Waals surface area (Å²) in [5.74, 6) is -0.277. The molecule has 0 unspecified atom stereocenters. The zero-order chi connectivity index (χ0) is 29.4. The molecule has 2 aromatic heterocycles. The van der Waals surface area contributed by atoms with Gasteiger partial charge in [0.15, 0.2) is 9.84 Å². The molecule has 2 heterocycles. The summed E-state index contributed by atoms with van der Waals surface area (Å²) in [6.45, 7) is 3.39. The fourth-order valence-electron chi connectivity index (χ4n) is 4.57. The number of nitrogens with zero attached hydrogens (tertiary/aromatic N) is 2. The largest absolute Gasteiger partial charge is 0.321 e. The van der Waals surface area contributed by atoms with E-state index in [0.29, 0.717) is 23.2 Å². The number of pyridine rings is 2. The van der Waals surface area contributed by atoms with E-state index in [-0.39, 0.29) is 5.91 Å². The molecule has 0 spiro atoms. The summed E-state index contributed by atoms with van der Waals surface area (Å²) in [7, 11) is -3.41. The van der Waals surface area contributed by atoms with E-state index in [4.69, 9.17) is 0 Å². The second-order valence-electron chi connectivity index (χ2n) is 10.5. The summed E-state index contributed by atoms with van der Waals surface area (Å²) >= 11 is 3.58. The smallest absolute Gasteiger partial charge is 0.255 e. The first-order valence-electron chi connectivity index (χ1n) is 12.9. The van der Waals surface area contributed by atoms with Gasteiger partial charge in [0.1, 0.15) is 0 Å². The number of hydrogen-bond acceptors (Lipinski definition) is 5. The van der Waals surface area contributed by atoms with Gasteiger partial charge in [-0.2, -0.15) is 0 Å². The molecule has 2 N–H and O–H groups in total. The van der Waals surface area contributed by atoms with Gasteiger partial charge in [0.05, 0.1) is 16.0 Å². The summed E-state index contributed by atoms with van der Waals surface area (Å²) < 4.78 is 25.9. The van der Waals surface area contributed by atoms with Gasteiger partial charge in [0.25, 0.3) is 5.91 Å². The number of carbonyl (C=O) groups excluding carboxylic acids is 1. The van der Waals surface area contributed by atoms with Crippen LogP contribution < -0.4 is 10.0 Å². The molecule has 208 valence electrons. The highest BCUT2D eigenvalue weighted by atomic mass is 79.9. The predicted molar refractivity (Wildman–Crippen MR) is 164 cm³/mol. The van der Waals surface area contributed by atoms with Crippen LogP contribution in [0.5, 0.6) is 0 Å². The van der Waals surface area contributed by atoms with Crippen LogP contribution in [0.25, 0.3) is 22.0 Å². The topological polar surface area (TPSA) is 100 Å². The molecule has 0 aliphatic carbocycles. The Balaban J connectivity index is 1.44. The van der Waals surface area contributed by atoms with Gasteiger partial charge in [-0.3, -0.25) is 15.0 Å². The number of benzene rings is 3. The maximum atomic E-state index is 13.3. The lowest BCUT2D eigenvalue weighted by Crippen LogP contribution is -2.28. The van der Waals surface area contributed by atoms with Crippen LogP contribution in [0.1, 0.15) is 40.9 Å². The first-order chi connectivity index (χ1) is 19.4. The van der Waals surface area contributed by atoms with Crippen LogP contribution in [0.4, 0.5) is 5.69 Å². The predicted octanol–water partition coefficient (Wildman–Crippen LogP) is 6.31. The van der Waals surface area contributed by atoms with Crippen molar-refractivity contribution in [3.8, 4) is 11.1 Å². The van der Waals surface area contributed by atoms with Gasteiger partial charge < -0.3 is 5.32 Å². The van der Waals surface area contributed by atoms with Crippen molar-refractivity contribution in [2.45, 2.75) is 25.0 Å². The van der Waals surface area contributed by atoms with Crippen molar-refractivity contribution in [3.63, 3.8) is 0 Å². The highest BCUT2D eigenvalue weighted by Crippen LogP contribution is 2.36. The molecule has 0 saturated heterocycles. The summed E-state index contributed by atoms with van der Waals surface area (Å²) in [6.07, 6.45) is 6.77. The minimum atomic E-state index is -3.41. The molecule has 41 heavy (non-hydrogen) atoms. The van der Waals surface area contributed by atoms with Crippen molar-refractivity contribution in [1.82, 2.24) is 4.98 Å². The van der Waals surface area contributed by atoms with Crippen LogP contribution in [0.15, 0.2) is 102 Å². The van der Waals surface area contributed by atoms with E-state index in [1.54, 1.807) is 44.6 Å². The normalized spacial score (nSPS) is 11.9.